The molecule has 0 heterocycles. The normalized spacial score (nSPS) is 21.4. The largest absolute Gasteiger partial charge is 0.455 e. The first-order valence-electron chi connectivity index (χ1n) is 10.3. The van der Waals surface area contributed by atoms with Gasteiger partial charge in [0.1, 0.15) is 5.75 Å². The summed E-state index contributed by atoms with van der Waals surface area (Å²) in [6.45, 7) is 4.16. The van der Waals surface area contributed by atoms with Crippen molar-refractivity contribution in [3.8, 4) is 11.5 Å². The van der Waals surface area contributed by atoms with Crippen LogP contribution in [0.2, 0.25) is 0 Å². The number of carbonyl (C=O) groups excluding carboxylic acids is 1. The minimum Gasteiger partial charge on any atom is -0.455 e. The van der Waals surface area contributed by atoms with Crippen molar-refractivity contribution in [3.63, 3.8) is 0 Å². The van der Waals surface area contributed by atoms with E-state index in [1.165, 1.54) is 6.07 Å². The van der Waals surface area contributed by atoms with Crippen LogP contribution in [-0.2, 0) is 11.0 Å². The summed E-state index contributed by atoms with van der Waals surface area (Å²) in [4.78, 5) is 12.5. The molecule has 1 fully saturated rings. The number of amides is 1. The maximum atomic E-state index is 13.2. The fourth-order valence-electron chi connectivity index (χ4n) is 3.78. The number of alkyl halides is 3. The number of halogens is 4. The maximum absolute atomic E-state index is 13.2. The van der Waals surface area contributed by atoms with Crippen LogP contribution in [0, 0.1) is 11.8 Å². The van der Waals surface area contributed by atoms with Gasteiger partial charge in [-0.2, -0.15) is 13.2 Å². The molecule has 2 aromatic carbocycles. The Bertz CT molecular complexity index is 903. The van der Waals surface area contributed by atoms with E-state index in [9.17, 15) is 18.0 Å². The average Bonchev–Trinajstić information content (AvgIpc) is 2.71. The Balaban J connectivity index is 1.72. The molecule has 3 unspecified atom stereocenters. The van der Waals surface area contributed by atoms with E-state index >= 15 is 0 Å². The second kappa shape index (κ2) is 9.94. The lowest BCUT2D eigenvalue weighted by Gasteiger charge is -2.34. The van der Waals surface area contributed by atoms with E-state index in [0.29, 0.717) is 17.6 Å². The highest BCUT2D eigenvalue weighted by Gasteiger charge is 2.32. The van der Waals surface area contributed by atoms with E-state index in [1.807, 2.05) is 0 Å². The molecule has 168 valence electrons. The van der Waals surface area contributed by atoms with Gasteiger partial charge in [0, 0.05) is 10.5 Å². The Labute approximate surface area is 188 Å². The third-order valence-electron chi connectivity index (χ3n) is 5.84. The van der Waals surface area contributed by atoms with E-state index < -0.39 is 11.7 Å². The fourth-order valence-corrected chi connectivity index (χ4v) is 4.05. The first kappa shape index (κ1) is 23.4. The topological polar surface area (TPSA) is 50.4 Å². The van der Waals surface area contributed by atoms with Crippen LogP contribution in [0.15, 0.2) is 46.9 Å². The monoisotopic (exact) mass is 498 g/mol. The van der Waals surface area contributed by atoms with E-state index in [2.05, 4.69) is 40.4 Å². The van der Waals surface area contributed by atoms with Crippen molar-refractivity contribution in [2.24, 2.45) is 11.8 Å². The van der Waals surface area contributed by atoms with Crippen LogP contribution in [0.3, 0.4) is 0 Å². The predicted molar refractivity (Wildman–Crippen MR) is 118 cm³/mol. The molecule has 0 spiro atoms. The van der Waals surface area contributed by atoms with Gasteiger partial charge in [-0.1, -0.05) is 42.6 Å². The summed E-state index contributed by atoms with van der Waals surface area (Å²) < 4.78 is 46.2. The molecule has 1 saturated carbocycles. The number of nitrogens with one attached hydrogen (secondary N) is 2. The highest BCUT2D eigenvalue weighted by Crippen LogP contribution is 2.37. The Morgan fingerprint density at radius 3 is 2.52 bits per heavy atom. The molecule has 2 N–H and O–H groups in total. The number of hydrogen-bond donors (Lipinski definition) is 2. The summed E-state index contributed by atoms with van der Waals surface area (Å²) in [7, 11) is 0. The molecule has 0 bridgehead atoms. The second-order valence-electron chi connectivity index (χ2n) is 8.06. The molecule has 0 radical (unpaired) electrons. The molecular formula is C23H26BrF3N2O2. The summed E-state index contributed by atoms with van der Waals surface area (Å²) in [5.74, 6) is 1.32. The minimum atomic E-state index is -4.50. The smallest absolute Gasteiger partial charge is 0.416 e. The first-order valence-corrected chi connectivity index (χ1v) is 11.1. The van der Waals surface area contributed by atoms with Gasteiger partial charge in [0.2, 0.25) is 5.91 Å². The van der Waals surface area contributed by atoms with Crippen LogP contribution in [0.5, 0.6) is 11.5 Å². The summed E-state index contributed by atoms with van der Waals surface area (Å²) in [6, 6.07) is 10.2. The number of ether oxygens (including phenoxy) is 1. The van der Waals surface area contributed by atoms with Crippen molar-refractivity contribution in [2.75, 3.05) is 11.9 Å². The highest BCUT2D eigenvalue weighted by molar-refractivity contribution is 9.10. The zero-order chi connectivity index (χ0) is 22.6. The van der Waals surface area contributed by atoms with Gasteiger partial charge in [0.05, 0.1) is 17.8 Å². The predicted octanol–water partition coefficient (Wildman–Crippen LogP) is 6.61. The zero-order valence-electron chi connectivity index (χ0n) is 17.4. The maximum Gasteiger partial charge on any atom is 0.416 e. The van der Waals surface area contributed by atoms with Crippen LogP contribution in [0.4, 0.5) is 18.9 Å². The van der Waals surface area contributed by atoms with Gasteiger partial charge in [0.25, 0.3) is 0 Å². The molecule has 8 heteroatoms. The average molecular weight is 499 g/mol. The lowest BCUT2D eigenvalue weighted by Crippen LogP contribution is -2.45. The van der Waals surface area contributed by atoms with E-state index in [-0.39, 0.29) is 29.9 Å². The van der Waals surface area contributed by atoms with Crippen molar-refractivity contribution in [3.05, 3.63) is 52.5 Å². The van der Waals surface area contributed by atoms with Gasteiger partial charge in [-0.15, -0.1) is 0 Å². The first-order chi connectivity index (χ1) is 14.6. The number of hydrogen-bond acceptors (Lipinski definition) is 3. The number of benzene rings is 2. The quantitative estimate of drug-likeness (QED) is 0.470. The van der Waals surface area contributed by atoms with E-state index in [1.54, 1.807) is 24.3 Å². The van der Waals surface area contributed by atoms with Crippen LogP contribution in [-0.4, -0.2) is 18.5 Å². The Morgan fingerprint density at radius 2 is 1.84 bits per heavy atom. The van der Waals surface area contributed by atoms with Gasteiger partial charge >= 0.3 is 6.18 Å². The van der Waals surface area contributed by atoms with Crippen molar-refractivity contribution in [1.82, 2.24) is 5.32 Å². The Kier molecular flexibility index (Phi) is 7.51. The van der Waals surface area contributed by atoms with Crippen molar-refractivity contribution in [1.29, 1.82) is 0 Å². The molecule has 1 aliphatic carbocycles. The third-order valence-corrected chi connectivity index (χ3v) is 6.37. The van der Waals surface area contributed by atoms with Crippen molar-refractivity contribution >= 4 is 27.5 Å². The summed E-state index contributed by atoms with van der Waals surface area (Å²) in [5, 5.41) is 5.85. The van der Waals surface area contributed by atoms with Crippen molar-refractivity contribution < 1.29 is 22.7 Å². The third kappa shape index (κ3) is 6.38. The number of anilines is 1. The zero-order valence-corrected chi connectivity index (χ0v) is 19.0. The Morgan fingerprint density at radius 1 is 1.13 bits per heavy atom. The summed E-state index contributed by atoms with van der Waals surface area (Å²) >= 11 is 3.33. The van der Waals surface area contributed by atoms with Crippen LogP contribution in [0.1, 0.15) is 38.7 Å². The lowest BCUT2D eigenvalue weighted by molar-refractivity contribution is -0.137. The summed E-state index contributed by atoms with van der Waals surface area (Å²) in [5.41, 5.74) is -0.703. The number of carbonyl (C=O) groups is 1. The standard InChI is InChI=1S/C23H26BrF3N2O2/c1-14-4-3-5-19(15(14)2)29-22(30)13-28-20-12-16(23(25,26)27)6-11-21(20)31-18-9-7-17(24)8-10-18/h6-12,14-15,19,28H,3-5,13H2,1-2H3,(H,29,30). The fraction of sp³-hybridized carbons (Fsp3) is 0.435. The molecule has 0 saturated heterocycles. The van der Waals surface area contributed by atoms with Crippen LogP contribution in [0.25, 0.3) is 0 Å². The van der Waals surface area contributed by atoms with Gasteiger partial charge in [-0.05, 0) is 60.7 Å². The molecule has 4 nitrogen and oxygen atoms in total. The van der Waals surface area contributed by atoms with Crippen LogP contribution < -0.4 is 15.4 Å². The van der Waals surface area contributed by atoms with Gasteiger partial charge in [-0.25, -0.2) is 0 Å². The van der Waals surface area contributed by atoms with Gasteiger partial charge in [-0.3, -0.25) is 4.79 Å². The Hall–Kier alpha value is -2.22. The molecule has 1 aliphatic rings. The van der Waals surface area contributed by atoms with E-state index in [4.69, 9.17) is 4.74 Å². The van der Waals surface area contributed by atoms with Gasteiger partial charge in [0.15, 0.2) is 5.75 Å². The van der Waals surface area contributed by atoms with Gasteiger partial charge < -0.3 is 15.4 Å². The minimum absolute atomic E-state index is 0.0815. The molecular weight excluding hydrogens is 473 g/mol. The molecule has 0 aromatic heterocycles. The highest BCUT2D eigenvalue weighted by atomic mass is 79.9. The SMILES string of the molecule is CC1CCCC(NC(=O)CNc2cc(C(F)(F)F)ccc2Oc2ccc(Br)cc2)C1C. The molecule has 31 heavy (non-hydrogen) atoms. The molecule has 1 amide bonds. The molecule has 3 rings (SSSR count). The lowest BCUT2D eigenvalue weighted by atomic mass is 9.78. The van der Waals surface area contributed by atoms with Crippen LogP contribution >= 0.6 is 15.9 Å². The molecule has 0 aliphatic heterocycles. The molecule has 2 aromatic rings. The second-order valence-corrected chi connectivity index (χ2v) is 8.98. The summed E-state index contributed by atoms with van der Waals surface area (Å²) in [6.07, 6.45) is -1.38. The molecule has 3 atom stereocenters. The van der Waals surface area contributed by atoms with E-state index in [0.717, 1.165) is 35.9 Å². The van der Waals surface area contributed by atoms with Crippen molar-refractivity contribution in [2.45, 2.75) is 45.3 Å². The number of rotatable bonds is 6.